The second kappa shape index (κ2) is 9.60. The van der Waals surface area contributed by atoms with Crippen molar-refractivity contribution in [1.82, 2.24) is 0 Å². The van der Waals surface area contributed by atoms with Crippen LogP contribution in [0.2, 0.25) is 0 Å². The fraction of sp³-hybridized carbons (Fsp3) is 0.167. The second-order valence-corrected chi connectivity index (χ2v) is 6.69. The molecule has 0 aliphatic rings. The molecule has 0 radical (unpaired) electrons. The van der Waals surface area contributed by atoms with E-state index in [1.165, 1.54) is 7.11 Å². The van der Waals surface area contributed by atoms with E-state index >= 15 is 0 Å². The highest BCUT2D eigenvalue weighted by Gasteiger charge is 2.22. The Balaban J connectivity index is 1.87. The maximum absolute atomic E-state index is 13.1. The summed E-state index contributed by atoms with van der Waals surface area (Å²) in [6, 6.07) is 19.8. The van der Waals surface area contributed by atoms with Gasteiger partial charge in [0.15, 0.2) is 5.78 Å². The largest absolute Gasteiger partial charge is 0.508 e. The lowest BCUT2D eigenvalue weighted by molar-refractivity contribution is -0.141. The number of anilines is 1. The Morgan fingerprint density at radius 3 is 2.23 bits per heavy atom. The van der Waals surface area contributed by atoms with E-state index in [0.29, 0.717) is 29.0 Å². The van der Waals surface area contributed by atoms with Crippen molar-refractivity contribution in [2.75, 3.05) is 19.5 Å². The normalized spacial score (nSPS) is 11.4. The monoisotopic (exact) mass is 405 g/mol. The third-order valence-corrected chi connectivity index (χ3v) is 4.72. The molecule has 0 bridgehead atoms. The SMILES string of the molecule is COC(=O)C(Cc1ccc(O)cc1)Nc1ccccc1C(=O)c1ccc(OC)cc1. The van der Waals surface area contributed by atoms with Crippen molar-refractivity contribution in [1.29, 1.82) is 0 Å². The van der Waals surface area contributed by atoms with Crippen LogP contribution in [0.25, 0.3) is 0 Å². The van der Waals surface area contributed by atoms with Crippen LogP contribution in [0.5, 0.6) is 11.5 Å². The molecule has 0 heterocycles. The zero-order valence-electron chi connectivity index (χ0n) is 16.8. The van der Waals surface area contributed by atoms with Crippen molar-refractivity contribution in [3.05, 3.63) is 89.5 Å². The molecule has 0 saturated carbocycles. The number of aromatic hydroxyl groups is 1. The zero-order valence-corrected chi connectivity index (χ0v) is 16.8. The number of phenolic OH excluding ortho intramolecular Hbond substituents is 1. The molecule has 30 heavy (non-hydrogen) atoms. The molecular formula is C24H23NO5. The van der Waals surface area contributed by atoms with Gasteiger partial charge in [-0.2, -0.15) is 0 Å². The van der Waals surface area contributed by atoms with Gasteiger partial charge in [-0.3, -0.25) is 4.79 Å². The van der Waals surface area contributed by atoms with Crippen molar-refractivity contribution in [2.24, 2.45) is 0 Å². The Kier molecular flexibility index (Phi) is 6.70. The molecule has 6 nitrogen and oxygen atoms in total. The minimum absolute atomic E-state index is 0.150. The third-order valence-electron chi connectivity index (χ3n) is 4.72. The first-order valence-electron chi connectivity index (χ1n) is 9.42. The maximum Gasteiger partial charge on any atom is 0.328 e. The predicted molar refractivity (Wildman–Crippen MR) is 114 cm³/mol. The van der Waals surface area contributed by atoms with E-state index in [-0.39, 0.29) is 11.5 Å². The molecule has 154 valence electrons. The number of benzene rings is 3. The Hall–Kier alpha value is -3.80. The summed E-state index contributed by atoms with van der Waals surface area (Å²) in [7, 11) is 2.89. The van der Waals surface area contributed by atoms with Gasteiger partial charge < -0.3 is 19.9 Å². The van der Waals surface area contributed by atoms with E-state index in [9.17, 15) is 14.7 Å². The van der Waals surface area contributed by atoms with Gasteiger partial charge in [-0.05, 0) is 54.1 Å². The molecule has 3 aromatic carbocycles. The number of phenols is 1. The van der Waals surface area contributed by atoms with Gasteiger partial charge >= 0.3 is 5.97 Å². The van der Waals surface area contributed by atoms with Crippen LogP contribution < -0.4 is 10.1 Å². The second-order valence-electron chi connectivity index (χ2n) is 6.69. The lowest BCUT2D eigenvalue weighted by Gasteiger charge is -2.20. The molecule has 0 saturated heterocycles. The standard InChI is InChI=1S/C24H23NO5/c1-29-19-13-9-17(10-14-19)23(27)20-5-3-4-6-21(20)25-22(24(28)30-2)15-16-7-11-18(26)12-8-16/h3-14,22,25-26H,15H2,1-2H3. The van der Waals surface area contributed by atoms with Crippen LogP contribution in [0.1, 0.15) is 21.5 Å². The van der Waals surface area contributed by atoms with Crippen molar-refractivity contribution < 1.29 is 24.2 Å². The number of para-hydroxylation sites is 1. The zero-order chi connectivity index (χ0) is 21.5. The Labute approximate surface area is 175 Å². The maximum atomic E-state index is 13.1. The van der Waals surface area contributed by atoms with Crippen molar-refractivity contribution in [3.8, 4) is 11.5 Å². The highest BCUT2D eigenvalue weighted by Crippen LogP contribution is 2.23. The molecule has 6 heteroatoms. The number of hydrogen-bond acceptors (Lipinski definition) is 6. The molecule has 3 rings (SSSR count). The molecule has 1 atom stereocenters. The minimum atomic E-state index is -0.704. The Morgan fingerprint density at radius 2 is 1.60 bits per heavy atom. The third kappa shape index (κ3) is 4.97. The van der Waals surface area contributed by atoms with Gasteiger partial charge in [0.1, 0.15) is 17.5 Å². The molecule has 1 unspecified atom stereocenters. The molecule has 0 aliphatic heterocycles. The van der Waals surface area contributed by atoms with Crippen molar-refractivity contribution in [3.63, 3.8) is 0 Å². The summed E-state index contributed by atoms with van der Waals surface area (Å²) in [4.78, 5) is 25.4. The summed E-state index contributed by atoms with van der Waals surface area (Å²) >= 11 is 0. The van der Waals surface area contributed by atoms with E-state index in [2.05, 4.69) is 5.32 Å². The molecule has 0 spiro atoms. The van der Waals surface area contributed by atoms with Gasteiger partial charge in [0.2, 0.25) is 0 Å². The molecule has 0 fully saturated rings. The average Bonchev–Trinajstić information content (AvgIpc) is 2.79. The van der Waals surface area contributed by atoms with Crippen LogP contribution in [0.15, 0.2) is 72.8 Å². The van der Waals surface area contributed by atoms with E-state index < -0.39 is 12.0 Å². The fourth-order valence-corrected chi connectivity index (χ4v) is 3.10. The van der Waals surface area contributed by atoms with Gasteiger partial charge in [-0.15, -0.1) is 0 Å². The highest BCUT2D eigenvalue weighted by atomic mass is 16.5. The van der Waals surface area contributed by atoms with Gasteiger partial charge in [0.05, 0.1) is 14.2 Å². The van der Waals surface area contributed by atoms with Crippen molar-refractivity contribution >= 4 is 17.4 Å². The summed E-state index contributed by atoms with van der Waals surface area (Å²) in [6.45, 7) is 0. The first kappa shape index (κ1) is 20.9. The Morgan fingerprint density at radius 1 is 0.933 bits per heavy atom. The minimum Gasteiger partial charge on any atom is -0.508 e. The predicted octanol–water partition coefficient (Wildman–Crippen LogP) is 3.83. The lowest BCUT2D eigenvalue weighted by Crippen LogP contribution is -2.33. The van der Waals surface area contributed by atoms with Crippen LogP contribution >= 0.6 is 0 Å². The van der Waals surface area contributed by atoms with E-state index in [1.807, 2.05) is 0 Å². The fourth-order valence-electron chi connectivity index (χ4n) is 3.10. The first-order valence-corrected chi connectivity index (χ1v) is 9.42. The number of esters is 1. The summed E-state index contributed by atoms with van der Waals surface area (Å²) in [5.41, 5.74) is 2.34. The van der Waals surface area contributed by atoms with Crippen LogP contribution in [-0.4, -0.2) is 37.1 Å². The van der Waals surface area contributed by atoms with E-state index in [4.69, 9.17) is 9.47 Å². The number of rotatable bonds is 8. The number of ether oxygens (including phenoxy) is 2. The number of methoxy groups -OCH3 is 2. The summed E-state index contributed by atoms with van der Waals surface area (Å²) in [5.74, 6) is 0.193. The summed E-state index contributed by atoms with van der Waals surface area (Å²) in [6.07, 6.45) is 0.331. The van der Waals surface area contributed by atoms with Crippen LogP contribution in [-0.2, 0) is 16.0 Å². The van der Waals surface area contributed by atoms with Gasteiger partial charge in [-0.1, -0.05) is 24.3 Å². The Bertz CT molecular complexity index is 1010. The number of ketones is 1. The highest BCUT2D eigenvalue weighted by molar-refractivity contribution is 6.12. The first-order chi connectivity index (χ1) is 14.5. The smallest absolute Gasteiger partial charge is 0.328 e. The average molecular weight is 405 g/mol. The lowest BCUT2D eigenvalue weighted by atomic mass is 10.00. The molecule has 0 aromatic heterocycles. The van der Waals surface area contributed by atoms with Gasteiger partial charge in [0.25, 0.3) is 0 Å². The quantitative estimate of drug-likeness (QED) is 0.438. The van der Waals surface area contributed by atoms with E-state index in [1.54, 1.807) is 79.9 Å². The number of hydrogen-bond donors (Lipinski definition) is 2. The topological polar surface area (TPSA) is 84.9 Å². The number of nitrogens with one attached hydrogen (secondary N) is 1. The summed E-state index contributed by atoms with van der Waals surface area (Å²) < 4.78 is 10.1. The molecule has 0 amide bonds. The van der Waals surface area contributed by atoms with Crippen LogP contribution in [0.3, 0.4) is 0 Å². The number of carbonyl (C=O) groups is 2. The van der Waals surface area contributed by atoms with Gasteiger partial charge in [0, 0.05) is 23.2 Å². The van der Waals surface area contributed by atoms with E-state index in [0.717, 1.165) is 5.56 Å². The van der Waals surface area contributed by atoms with Crippen LogP contribution in [0, 0.1) is 0 Å². The van der Waals surface area contributed by atoms with Crippen LogP contribution in [0.4, 0.5) is 5.69 Å². The molecular weight excluding hydrogens is 382 g/mol. The molecule has 2 N–H and O–H groups in total. The molecule has 3 aromatic rings. The number of carbonyl (C=O) groups excluding carboxylic acids is 2. The summed E-state index contributed by atoms with van der Waals surface area (Å²) in [5, 5.41) is 12.6. The van der Waals surface area contributed by atoms with Crippen molar-refractivity contribution in [2.45, 2.75) is 12.5 Å². The van der Waals surface area contributed by atoms with Gasteiger partial charge in [-0.25, -0.2) is 4.79 Å². The molecule has 0 aliphatic carbocycles.